The minimum absolute atomic E-state index is 0.0394. The van der Waals surface area contributed by atoms with Crippen molar-refractivity contribution in [2.75, 3.05) is 5.32 Å². The SMILES string of the molecule is Cc1cc(OC(F)F)c(C)cc1Nc1nc(=O)c(C)cn1Cc1cc(F)cc(F)c1. The third-order valence-corrected chi connectivity index (χ3v) is 4.43. The van der Waals surface area contributed by atoms with Crippen LogP contribution in [0.4, 0.5) is 29.2 Å². The van der Waals surface area contributed by atoms with Gasteiger partial charge in [-0.2, -0.15) is 13.8 Å². The maximum Gasteiger partial charge on any atom is 0.387 e. The summed E-state index contributed by atoms with van der Waals surface area (Å²) in [6.07, 6.45) is 1.52. The fourth-order valence-corrected chi connectivity index (χ4v) is 2.99. The van der Waals surface area contributed by atoms with Crippen LogP contribution in [0.1, 0.15) is 22.3 Å². The molecular weight excluding hydrogens is 402 g/mol. The first-order chi connectivity index (χ1) is 14.1. The number of nitrogens with zero attached hydrogens (tertiary/aromatic N) is 2. The number of halogens is 4. The number of alkyl halides is 2. The molecule has 0 saturated carbocycles. The molecule has 0 amide bonds. The van der Waals surface area contributed by atoms with Crippen molar-refractivity contribution >= 4 is 11.6 Å². The Labute approximate surface area is 170 Å². The monoisotopic (exact) mass is 421 g/mol. The molecule has 0 saturated heterocycles. The van der Waals surface area contributed by atoms with Gasteiger partial charge in [0.2, 0.25) is 5.95 Å². The van der Waals surface area contributed by atoms with Gasteiger partial charge in [-0.1, -0.05) is 0 Å². The number of rotatable bonds is 6. The van der Waals surface area contributed by atoms with Crippen molar-refractivity contribution in [1.82, 2.24) is 9.55 Å². The van der Waals surface area contributed by atoms with Gasteiger partial charge in [-0.15, -0.1) is 0 Å². The number of aromatic nitrogens is 2. The Balaban J connectivity index is 1.99. The van der Waals surface area contributed by atoms with Gasteiger partial charge in [0, 0.05) is 23.5 Å². The number of anilines is 2. The first-order valence-electron chi connectivity index (χ1n) is 8.98. The summed E-state index contributed by atoms with van der Waals surface area (Å²) in [6.45, 7) is 1.97. The van der Waals surface area contributed by atoms with Crippen molar-refractivity contribution in [3.8, 4) is 5.75 Å². The molecule has 0 unspecified atom stereocenters. The molecule has 0 atom stereocenters. The molecule has 0 aliphatic carbocycles. The fraction of sp³-hybridized carbons (Fsp3) is 0.238. The lowest BCUT2D eigenvalue weighted by Gasteiger charge is -2.18. The Kier molecular flexibility index (Phi) is 6.09. The van der Waals surface area contributed by atoms with E-state index in [1.54, 1.807) is 31.4 Å². The molecule has 0 aliphatic rings. The maximum absolute atomic E-state index is 13.6. The number of hydrogen-bond donors (Lipinski definition) is 1. The van der Waals surface area contributed by atoms with Crippen LogP contribution in [0.15, 0.2) is 41.3 Å². The molecule has 0 spiro atoms. The maximum atomic E-state index is 13.6. The third-order valence-electron chi connectivity index (χ3n) is 4.43. The third kappa shape index (κ3) is 4.97. The second-order valence-corrected chi connectivity index (χ2v) is 6.89. The average Bonchev–Trinajstić information content (AvgIpc) is 2.62. The average molecular weight is 421 g/mol. The van der Waals surface area contributed by atoms with Crippen LogP contribution in [0, 0.1) is 32.4 Å². The molecule has 0 fully saturated rings. The molecule has 158 valence electrons. The zero-order valence-corrected chi connectivity index (χ0v) is 16.5. The molecule has 3 aromatic rings. The second-order valence-electron chi connectivity index (χ2n) is 6.89. The van der Waals surface area contributed by atoms with Gasteiger partial charge in [0.1, 0.15) is 17.4 Å². The largest absolute Gasteiger partial charge is 0.435 e. The molecule has 2 aromatic carbocycles. The predicted molar refractivity (Wildman–Crippen MR) is 105 cm³/mol. The van der Waals surface area contributed by atoms with E-state index in [0.29, 0.717) is 27.9 Å². The van der Waals surface area contributed by atoms with Crippen LogP contribution >= 0.6 is 0 Å². The van der Waals surface area contributed by atoms with Crippen LogP contribution in [0.25, 0.3) is 0 Å². The summed E-state index contributed by atoms with van der Waals surface area (Å²) in [5, 5.41) is 3.00. The highest BCUT2D eigenvalue weighted by Gasteiger charge is 2.13. The van der Waals surface area contributed by atoms with E-state index < -0.39 is 23.8 Å². The van der Waals surface area contributed by atoms with Crippen molar-refractivity contribution in [3.05, 3.63) is 80.8 Å². The number of nitrogens with one attached hydrogen (secondary N) is 1. The first-order valence-corrected chi connectivity index (χ1v) is 8.98. The Morgan fingerprint density at radius 1 is 1.00 bits per heavy atom. The van der Waals surface area contributed by atoms with Gasteiger partial charge in [0.05, 0.1) is 6.54 Å². The summed E-state index contributed by atoms with van der Waals surface area (Å²) in [6, 6.07) is 6.18. The number of aryl methyl sites for hydroxylation is 3. The van der Waals surface area contributed by atoms with Crippen molar-refractivity contribution in [3.63, 3.8) is 0 Å². The molecule has 0 radical (unpaired) electrons. The van der Waals surface area contributed by atoms with E-state index in [1.807, 2.05) is 0 Å². The zero-order chi connectivity index (χ0) is 22.0. The van der Waals surface area contributed by atoms with Crippen molar-refractivity contribution in [2.45, 2.75) is 33.9 Å². The van der Waals surface area contributed by atoms with Gasteiger partial charge in [-0.05, 0) is 61.7 Å². The Morgan fingerprint density at radius 3 is 2.30 bits per heavy atom. The van der Waals surface area contributed by atoms with E-state index in [2.05, 4.69) is 15.0 Å². The van der Waals surface area contributed by atoms with Gasteiger partial charge in [0.25, 0.3) is 5.56 Å². The van der Waals surface area contributed by atoms with Crippen LogP contribution in [-0.4, -0.2) is 16.2 Å². The van der Waals surface area contributed by atoms with E-state index >= 15 is 0 Å². The Hall–Kier alpha value is -3.36. The molecule has 5 nitrogen and oxygen atoms in total. The van der Waals surface area contributed by atoms with Gasteiger partial charge in [0.15, 0.2) is 0 Å². The standard InChI is InChI=1S/C21H19F4N3O2/c1-11-5-18(30-20(24)25)12(2)4-17(11)26-21-27-19(29)13(3)9-28(21)10-14-6-15(22)8-16(23)7-14/h4-9,20H,10H2,1-3H3,(H,26,27,29). The quantitative estimate of drug-likeness (QED) is 0.579. The van der Waals surface area contributed by atoms with E-state index in [9.17, 15) is 22.4 Å². The molecular formula is C21H19F4N3O2. The molecule has 1 heterocycles. The first kappa shape index (κ1) is 21.4. The highest BCUT2D eigenvalue weighted by atomic mass is 19.3. The van der Waals surface area contributed by atoms with Crippen LogP contribution in [0.2, 0.25) is 0 Å². The topological polar surface area (TPSA) is 56.1 Å². The second kappa shape index (κ2) is 8.56. The van der Waals surface area contributed by atoms with E-state index in [1.165, 1.54) is 24.4 Å². The summed E-state index contributed by atoms with van der Waals surface area (Å²) in [7, 11) is 0. The predicted octanol–water partition coefficient (Wildman–Crippen LogP) is 4.84. The number of hydrogen-bond acceptors (Lipinski definition) is 4. The molecule has 1 aromatic heterocycles. The highest BCUT2D eigenvalue weighted by Crippen LogP contribution is 2.29. The smallest absolute Gasteiger partial charge is 0.387 e. The molecule has 3 rings (SSSR count). The van der Waals surface area contributed by atoms with E-state index in [0.717, 1.165) is 6.07 Å². The summed E-state index contributed by atoms with van der Waals surface area (Å²) < 4.78 is 58.2. The molecule has 30 heavy (non-hydrogen) atoms. The zero-order valence-electron chi connectivity index (χ0n) is 16.5. The van der Waals surface area contributed by atoms with Crippen molar-refractivity contribution in [2.24, 2.45) is 0 Å². The molecule has 1 N–H and O–H groups in total. The minimum atomic E-state index is -2.95. The van der Waals surface area contributed by atoms with Crippen LogP contribution in [0.3, 0.4) is 0 Å². The van der Waals surface area contributed by atoms with Crippen molar-refractivity contribution in [1.29, 1.82) is 0 Å². The molecule has 0 bridgehead atoms. The van der Waals surface area contributed by atoms with Gasteiger partial charge >= 0.3 is 6.61 Å². The molecule has 9 heteroatoms. The van der Waals surface area contributed by atoms with Gasteiger partial charge in [-0.25, -0.2) is 8.78 Å². The minimum Gasteiger partial charge on any atom is -0.435 e. The van der Waals surface area contributed by atoms with Crippen LogP contribution in [-0.2, 0) is 6.54 Å². The van der Waals surface area contributed by atoms with E-state index in [4.69, 9.17) is 0 Å². The summed E-state index contributed by atoms with van der Waals surface area (Å²) >= 11 is 0. The normalized spacial score (nSPS) is 11.1. The van der Waals surface area contributed by atoms with Crippen LogP contribution < -0.4 is 15.6 Å². The van der Waals surface area contributed by atoms with Gasteiger partial charge < -0.3 is 14.6 Å². The van der Waals surface area contributed by atoms with Crippen molar-refractivity contribution < 1.29 is 22.3 Å². The van der Waals surface area contributed by atoms with E-state index in [-0.39, 0.29) is 18.2 Å². The van der Waals surface area contributed by atoms with Gasteiger partial charge in [-0.3, -0.25) is 4.79 Å². The lowest BCUT2D eigenvalue weighted by atomic mass is 10.1. The Bertz CT molecular complexity index is 1130. The highest BCUT2D eigenvalue weighted by molar-refractivity contribution is 5.62. The molecule has 0 aliphatic heterocycles. The lowest BCUT2D eigenvalue weighted by molar-refractivity contribution is -0.0503. The fourth-order valence-electron chi connectivity index (χ4n) is 2.99. The summed E-state index contributed by atoms with van der Waals surface area (Å²) in [5.74, 6) is -1.25. The van der Waals surface area contributed by atoms with Crippen LogP contribution in [0.5, 0.6) is 5.75 Å². The lowest BCUT2D eigenvalue weighted by Crippen LogP contribution is -2.19. The Morgan fingerprint density at radius 2 is 1.67 bits per heavy atom. The summed E-state index contributed by atoms with van der Waals surface area (Å²) in [4.78, 5) is 16.1. The number of benzene rings is 2. The number of ether oxygens (including phenoxy) is 1. The summed E-state index contributed by atoms with van der Waals surface area (Å²) in [5.41, 5.74) is 1.78.